The number of rotatable bonds is 6. The van der Waals surface area contributed by atoms with Crippen molar-refractivity contribution in [3.8, 4) is 5.75 Å². The number of fused-ring (bicyclic) bond motifs is 2. The number of aromatic nitrogens is 5. The highest BCUT2D eigenvalue weighted by Crippen LogP contribution is 2.37. The van der Waals surface area contributed by atoms with Crippen molar-refractivity contribution in [2.45, 2.75) is 46.3 Å². The summed E-state index contributed by atoms with van der Waals surface area (Å²) in [6.45, 7) is 9.31. The molecule has 0 fully saturated rings. The van der Waals surface area contributed by atoms with E-state index in [4.69, 9.17) is 21.1 Å². The molecular weight excluding hydrogens is 486 g/mol. The third-order valence-corrected chi connectivity index (χ3v) is 5.50. The Hall–Kier alpha value is -3.86. The number of carbonyl (C=O) groups excluding carboxylic acids is 2. The molecule has 4 aromatic rings. The molecule has 1 unspecified atom stereocenters. The highest BCUT2D eigenvalue weighted by molar-refractivity contribution is 6.35. The molecule has 190 valence electrons. The Bertz CT molecular complexity index is 1450. The molecule has 36 heavy (non-hydrogen) atoms. The van der Waals surface area contributed by atoms with Gasteiger partial charge in [-0.05, 0) is 46.8 Å². The maximum absolute atomic E-state index is 13.5. The first-order chi connectivity index (χ1) is 17.0. The van der Waals surface area contributed by atoms with Crippen molar-refractivity contribution in [2.24, 2.45) is 7.05 Å². The summed E-state index contributed by atoms with van der Waals surface area (Å²) in [6, 6.07) is 2.89. The first-order valence-electron chi connectivity index (χ1n) is 11.4. The predicted molar refractivity (Wildman–Crippen MR) is 136 cm³/mol. The van der Waals surface area contributed by atoms with Crippen LogP contribution in [-0.4, -0.2) is 48.6 Å². The normalized spacial score (nSPS) is 12.5. The third kappa shape index (κ3) is 5.06. The number of hydrogen-bond donors (Lipinski definition) is 2. The molecular formula is C24H28ClN7O4. The van der Waals surface area contributed by atoms with Gasteiger partial charge in [-0.25, -0.2) is 14.3 Å². The minimum atomic E-state index is -0.737. The van der Waals surface area contributed by atoms with E-state index in [0.717, 1.165) is 5.39 Å². The van der Waals surface area contributed by atoms with Gasteiger partial charge >= 0.3 is 6.09 Å². The predicted octanol–water partition coefficient (Wildman–Crippen LogP) is 4.51. The van der Waals surface area contributed by atoms with Gasteiger partial charge in [-0.2, -0.15) is 5.10 Å². The molecule has 11 nitrogen and oxygen atoms in total. The van der Waals surface area contributed by atoms with Gasteiger partial charge in [0.2, 0.25) is 0 Å². The van der Waals surface area contributed by atoms with Crippen LogP contribution in [0.4, 0.5) is 10.6 Å². The van der Waals surface area contributed by atoms with Crippen LogP contribution in [0.2, 0.25) is 5.02 Å². The van der Waals surface area contributed by atoms with Crippen molar-refractivity contribution in [1.29, 1.82) is 0 Å². The van der Waals surface area contributed by atoms with Crippen LogP contribution in [0.1, 0.15) is 56.6 Å². The highest BCUT2D eigenvalue weighted by atomic mass is 35.5. The van der Waals surface area contributed by atoms with Gasteiger partial charge in [0.1, 0.15) is 16.7 Å². The summed E-state index contributed by atoms with van der Waals surface area (Å²) < 4.78 is 14.3. The second-order valence-corrected chi connectivity index (χ2v) is 9.62. The fourth-order valence-electron chi connectivity index (χ4n) is 3.80. The van der Waals surface area contributed by atoms with Gasteiger partial charge < -0.3 is 14.8 Å². The van der Waals surface area contributed by atoms with E-state index in [1.165, 1.54) is 10.7 Å². The lowest BCUT2D eigenvalue weighted by molar-refractivity contribution is 0.0635. The number of aryl methyl sites for hydroxylation is 1. The molecule has 0 aliphatic heterocycles. The van der Waals surface area contributed by atoms with Gasteiger partial charge in [0.15, 0.2) is 17.2 Å². The largest absolute Gasteiger partial charge is 0.491 e. The van der Waals surface area contributed by atoms with Crippen LogP contribution in [0.3, 0.4) is 0 Å². The molecule has 0 aliphatic rings. The summed E-state index contributed by atoms with van der Waals surface area (Å²) in [5.41, 5.74) is 0.908. The van der Waals surface area contributed by atoms with Crippen molar-refractivity contribution in [3.05, 3.63) is 46.9 Å². The van der Waals surface area contributed by atoms with Crippen LogP contribution in [0.5, 0.6) is 5.75 Å². The van der Waals surface area contributed by atoms with Crippen LogP contribution in [0.15, 0.2) is 30.7 Å². The van der Waals surface area contributed by atoms with E-state index < -0.39 is 23.6 Å². The van der Waals surface area contributed by atoms with Crippen LogP contribution in [0, 0.1) is 0 Å². The molecule has 12 heteroatoms. The number of nitrogens with one attached hydrogen (secondary N) is 2. The highest BCUT2D eigenvalue weighted by Gasteiger charge is 2.27. The van der Waals surface area contributed by atoms with Gasteiger partial charge in [-0.1, -0.05) is 11.6 Å². The van der Waals surface area contributed by atoms with E-state index in [1.54, 1.807) is 57.8 Å². The van der Waals surface area contributed by atoms with Gasteiger partial charge in [0.05, 0.1) is 17.7 Å². The lowest BCUT2D eigenvalue weighted by Crippen LogP contribution is -2.30. The molecule has 2 N–H and O–H groups in total. The topological polar surface area (TPSA) is 125 Å². The number of anilines is 1. The molecule has 3 aromatic heterocycles. The van der Waals surface area contributed by atoms with Gasteiger partial charge in [-0.15, -0.1) is 5.10 Å². The van der Waals surface area contributed by atoms with Crippen molar-refractivity contribution in [3.63, 3.8) is 0 Å². The van der Waals surface area contributed by atoms with Gasteiger partial charge in [-0.3, -0.25) is 14.8 Å². The molecule has 0 saturated heterocycles. The van der Waals surface area contributed by atoms with Crippen LogP contribution < -0.4 is 15.4 Å². The second kappa shape index (κ2) is 9.65. The quantitative estimate of drug-likeness (QED) is 0.388. The first kappa shape index (κ1) is 25.2. The van der Waals surface area contributed by atoms with Crippen LogP contribution >= 0.6 is 11.6 Å². The average Bonchev–Trinajstić information content (AvgIpc) is 3.34. The fraction of sp³-hybridized carbons (Fsp3) is 0.375. The summed E-state index contributed by atoms with van der Waals surface area (Å²) in [4.78, 5) is 30.2. The van der Waals surface area contributed by atoms with Crippen LogP contribution in [0.25, 0.3) is 16.6 Å². The van der Waals surface area contributed by atoms with Crippen molar-refractivity contribution in [2.75, 3.05) is 11.9 Å². The zero-order valence-corrected chi connectivity index (χ0v) is 21.7. The Morgan fingerprint density at radius 3 is 2.69 bits per heavy atom. The van der Waals surface area contributed by atoms with E-state index in [9.17, 15) is 9.59 Å². The van der Waals surface area contributed by atoms with E-state index in [2.05, 4.69) is 25.8 Å². The Morgan fingerprint density at radius 2 is 2.00 bits per heavy atom. The van der Waals surface area contributed by atoms with Crippen molar-refractivity contribution in [1.82, 2.24) is 29.7 Å². The first-order valence-corrected chi connectivity index (χ1v) is 11.8. The second-order valence-electron chi connectivity index (χ2n) is 9.21. The summed E-state index contributed by atoms with van der Waals surface area (Å²) in [5, 5.41) is 15.6. The minimum absolute atomic E-state index is 0.0240. The zero-order chi connectivity index (χ0) is 26.2. The fourth-order valence-corrected chi connectivity index (χ4v) is 4.05. The molecule has 2 amide bonds. The molecule has 4 rings (SSSR count). The van der Waals surface area contributed by atoms with Gasteiger partial charge in [0, 0.05) is 36.6 Å². The number of hydrogen-bond acceptors (Lipinski definition) is 7. The SMILES string of the molecule is CCOc1c(C(C)NC(=O)c2c(NC(=O)OC(C)(C)C)nn3cccnc23)cc(Cl)c2cn(C)nc12. The summed E-state index contributed by atoms with van der Waals surface area (Å²) >= 11 is 6.53. The van der Waals surface area contributed by atoms with E-state index in [0.29, 0.717) is 28.5 Å². The smallest absolute Gasteiger partial charge is 0.413 e. The number of benzene rings is 1. The number of amides is 2. The number of carbonyl (C=O) groups is 2. The molecule has 1 aromatic carbocycles. The third-order valence-electron chi connectivity index (χ3n) is 5.19. The molecule has 1 atom stereocenters. The molecule has 0 radical (unpaired) electrons. The van der Waals surface area contributed by atoms with E-state index in [1.807, 2.05) is 13.1 Å². The lowest BCUT2D eigenvalue weighted by Gasteiger charge is -2.20. The van der Waals surface area contributed by atoms with Crippen LogP contribution in [-0.2, 0) is 11.8 Å². The summed E-state index contributed by atoms with van der Waals surface area (Å²) in [5.74, 6) is 0.0632. The Labute approximate surface area is 212 Å². The lowest BCUT2D eigenvalue weighted by atomic mass is 10.0. The summed E-state index contributed by atoms with van der Waals surface area (Å²) in [7, 11) is 1.80. The molecule has 0 spiro atoms. The Balaban J connectivity index is 1.70. The number of ether oxygens (including phenoxy) is 2. The van der Waals surface area contributed by atoms with E-state index in [-0.39, 0.29) is 17.0 Å². The molecule has 0 saturated carbocycles. The van der Waals surface area contributed by atoms with Crippen molar-refractivity contribution >= 4 is 46.0 Å². The Morgan fingerprint density at radius 1 is 1.25 bits per heavy atom. The maximum Gasteiger partial charge on any atom is 0.413 e. The monoisotopic (exact) mass is 513 g/mol. The number of nitrogens with zero attached hydrogens (tertiary/aromatic N) is 5. The molecule has 0 bridgehead atoms. The number of halogens is 1. The zero-order valence-electron chi connectivity index (χ0n) is 20.9. The van der Waals surface area contributed by atoms with Crippen molar-refractivity contribution < 1.29 is 19.1 Å². The van der Waals surface area contributed by atoms with Gasteiger partial charge in [0.25, 0.3) is 5.91 Å². The molecule has 0 aliphatic carbocycles. The van der Waals surface area contributed by atoms with E-state index >= 15 is 0 Å². The molecule has 3 heterocycles. The average molecular weight is 514 g/mol. The summed E-state index contributed by atoms with van der Waals surface area (Å²) in [6.07, 6.45) is 4.24. The standard InChI is InChI=1S/C24H28ClN7O4/c1-7-35-19-14(11-16(25)15-12-31(6)29-18(15)19)13(2)27-22(33)17-20(28-23(34)36-24(3,4)5)30-32-10-8-9-26-21(17)32/h8-13H,7H2,1-6H3,(H,27,33)(H,28,30,34). The maximum atomic E-state index is 13.5. The minimum Gasteiger partial charge on any atom is -0.491 e. The Kier molecular flexibility index (Phi) is 6.77.